The molecular formula is C12H17BrN4O3. The minimum Gasteiger partial charge on any atom is -0.358 e. The Morgan fingerprint density at radius 2 is 2.15 bits per heavy atom. The minimum absolute atomic E-state index is 0.112. The van der Waals surface area contributed by atoms with Gasteiger partial charge in [0, 0.05) is 12.6 Å². The molecule has 0 saturated carbocycles. The lowest BCUT2D eigenvalue weighted by Crippen LogP contribution is -2.39. The van der Waals surface area contributed by atoms with E-state index in [1.54, 1.807) is 6.92 Å². The van der Waals surface area contributed by atoms with Gasteiger partial charge in [0.15, 0.2) is 0 Å². The highest BCUT2D eigenvalue weighted by molar-refractivity contribution is 9.10. The lowest BCUT2D eigenvalue weighted by atomic mass is 10.2. The van der Waals surface area contributed by atoms with Gasteiger partial charge >= 0.3 is 0 Å². The summed E-state index contributed by atoms with van der Waals surface area (Å²) < 4.78 is 0.440. The average molecular weight is 345 g/mol. The van der Waals surface area contributed by atoms with Crippen LogP contribution in [0.5, 0.6) is 0 Å². The third-order valence-electron chi connectivity index (χ3n) is 2.47. The van der Waals surface area contributed by atoms with Gasteiger partial charge in [-0.3, -0.25) is 14.9 Å². The second-order valence-corrected chi connectivity index (χ2v) is 5.64. The fourth-order valence-corrected chi connectivity index (χ4v) is 1.81. The van der Waals surface area contributed by atoms with Crippen LogP contribution in [0.15, 0.2) is 16.7 Å². The smallest absolute Gasteiger partial charge is 0.288 e. The molecule has 1 amide bonds. The van der Waals surface area contributed by atoms with Gasteiger partial charge in [-0.1, -0.05) is 13.8 Å². The number of nitrogens with zero attached hydrogens (tertiary/aromatic N) is 2. The van der Waals surface area contributed by atoms with Crippen molar-refractivity contribution in [3.63, 3.8) is 0 Å². The van der Waals surface area contributed by atoms with Crippen molar-refractivity contribution in [1.29, 1.82) is 0 Å². The first kappa shape index (κ1) is 16.4. The van der Waals surface area contributed by atoms with E-state index in [-0.39, 0.29) is 11.6 Å². The largest absolute Gasteiger partial charge is 0.358 e. The molecule has 0 radical (unpaired) electrons. The summed E-state index contributed by atoms with van der Waals surface area (Å²) in [5, 5.41) is 16.3. The van der Waals surface area contributed by atoms with E-state index in [1.165, 1.54) is 6.07 Å². The summed E-state index contributed by atoms with van der Waals surface area (Å²) in [5.74, 6) is 0.615. The van der Waals surface area contributed by atoms with Crippen molar-refractivity contribution in [2.75, 3.05) is 11.9 Å². The Kier molecular flexibility index (Phi) is 5.87. The predicted molar refractivity (Wildman–Crippen MR) is 79.5 cm³/mol. The molecule has 0 aliphatic rings. The maximum atomic E-state index is 11.8. The molecule has 2 N–H and O–H groups in total. The van der Waals surface area contributed by atoms with Gasteiger partial charge in [-0.05, 0) is 28.8 Å². The van der Waals surface area contributed by atoms with Gasteiger partial charge in [0.2, 0.25) is 5.91 Å². The molecule has 0 bridgehead atoms. The van der Waals surface area contributed by atoms with Gasteiger partial charge in [-0.2, -0.15) is 0 Å². The lowest BCUT2D eigenvalue weighted by molar-refractivity contribution is -0.385. The molecule has 20 heavy (non-hydrogen) atoms. The molecule has 0 aromatic carbocycles. The van der Waals surface area contributed by atoms with Crippen molar-refractivity contribution in [1.82, 2.24) is 10.3 Å². The summed E-state index contributed by atoms with van der Waals surface area (Å²) in [6, 6.07) is 0.854. The second kappa shape index (κ2) is 7.18. The van der Waals surface area contributed by atoms with E-state index < -0.39 is 11.0 Å². The Bertz CT molecular complexity index is 507. The van der Waals surface area contributed by atoms with Crippen LogP contribution in [0.25, 0.3) is 0 Å². The van der Waals surface area contributed by atoms with E-state index in [0.717, 1.165) is 6.20 Å². The number of carbonyl (C=O) groups is 1. The fourth-order valence-electron chi connectivity index (χ4n) is 1.36. The monoisotopic (exact) mass is 344 g/mol. The van der Waals surface area contributed by atoms with Crippen LogP contribution in [0, 0.1) is 16.0 Å². The highest BCUT2D eigenvalue weighted by atomic mass is 79.9. The SMILES string of the molecule is CC(C)CNC(=O)C(C)Nc1ncc([N+](=O)[O-])cc1Br. The van der Waals surface area contributed by atoms with Crippen LogP contribution in [-0.2, 0) is 4.79 Å². The van der Waals surface area contributed by atoms with Crippen molar-refractivity contribution in [2.24, 2.45) is 5.92 Å². The number of aromatic nitrogens is 1. The van der Waals surface area contributed by atoms with Gasteiger partial charge in [0.1, 0.15) is 18.1 Å². The summed E-state index contributed by atoms with van der Waals surface area (Å²) >= 11 is 3.19. The number of rotatable bonds is 6. The molecule has 1 unspecified atom stereocenters. The molecule has 1 aromatic heterocycles. The Balaban J connectivity index is 2.68. The fraction of sp³-hybridized carbons (Fsp3) is 0.500. The number of carbonyl (C=O) groups excluding carboxylic acids is 1. The minimum atomic E-state index is -0.527. The summed E-state index contributed by atoms with van der Waals surface area (Å²) in [5.41, 5.74) is -0.112. The van der Waals surface area contributed by atoms with E-state index >= 15 is 0 Å². The van der Waals surface area contributed by atoms with E-state index in [0.29, 0.717) is 22.8 Å². The average Bonchev–Trinajstić information content (AvgIpc) is 2.37. The van der Waals surface area contributed by atoms with Crippen LogP contribution >= 0.6 is 15.9 Å². The maximum Gasteiger partial charge on any atom is 0.288 e. The number of nitrogens with one attached hydrogen (secondary N) is 2. The van der Waals surface area contributed by atoms with Crippen LogP contribution in [0.2, 0.25) is 0 Å². The standard InChI is InChI=1S/C12H17BrN4O3/c1-7(2)5-15-12(18)8(3)16-11-10(13)4-9(6-14-11)17(19)20/h4,6-8H,5H2,1-3H3,(H,14,16)(H,15,18). The number of anilines is 1. The predicted octanol–water partition coefficient (Wildman–Crippen LogP) is 2.32. The molecule has 1 heterocycles. The van der Waals surface area contributed by atoms with E-state index in [4.69, 9.17) is 0 Å². The zero-order chi connectivity index (χ0) is 15.3. The molecule has 110 valence electrons. The van der Waals surface area contributed by atoms with Crippen LogP contribution < -0.4 is 10.6 Å². The number of hydrogen-bond acceptors (Lipinski definition) is 5. The molecule has 1 atom stereocenters. The molecule has 8 heteroatoms. The Hall–Kier alpha value is -1.70. The highest BCUT2D eigenvalue weighted by Gasteiger charge is 2.16. The van der Waals surface area contributed by atoms with Crippen LogP contribution in [-0.4, -0.2) is 28.4 Å². The van der Waals surface area contributed by atoms with Crippen LogP contribution in [0.4, 0.5) is 11.5 Å². The van der Waals surface area contributed by atoms with Crippen LogP contribution in [0.3, 0.4) is 0 Å². The van der Waals surface area contributed by atoms with Gasteiger partial charge in [0.25, 0.3) is 5.69 Å². The van der Waals surface area contributed by atoms with Crippen molar-refractivity contribution in [2.45, 2.75) is 26.8 Å². The van der Waals surface area contributed by atoms with E-state index in [1.807, 2.05) is 13.8 Å². The van der Waals surface area contributed by atoms with Gasteiger partial charge in [-0.15, -0.1) is 0 Å². The molecule has 1 rings (SSSR count). The van der Waals surface area contributed by atoms with Gasteiger partial charge < -0.3 is 10.6 Å². The molecule has 0 fully saturated rings. The zero-order valence-electron chi connectivity index (χ0n) is 11.5. The normalized spacial score (nSPS) is 12.1. The second-order valence-electron chi connectivity index (χ2n) is 4.79. The summed E-state index contributed by atoms with van der Waals surface area (Å²) in [7, 11) is 0. The first-order valence-corrected chi connectivity index (χ1v) is 6.94. The van der Waals surface area contributed by atoms with Crippen molar-refractivity contribution in [3.8, 4) is 0 Å². The van der Waals surface area contributed by atoms with Crippen LogP contribution in [0.1, 0.15) is 20.8 Å². The van der Waals surface area contributed by atoms with Crippen molar-refractivity contribution < 1.29 is 9.72 Å². The molecule has 1 aromatic rings. The molecule has 0 aliphatic heterocycles. The number of amides is 1. The summed E-state index contributed by atoms with van der Waals surface area (Å²) in [4.78, 5) is 25.8. The molecule has 7 nitrogen and oxygen atoms in total. The number of hydrogen-bond donors (Lipinski definition) is 2. The number of pyridine rings is 1. The van der Waals surface area contributed by atoms with E-state index in [2.05, 4.69) is 31.5 Å². The number of nitro groups is 1. The summed E-state index contributed by atoms with van der Waals surface area (Å²) in [6.45, 7) is 6.31. The Morgan fingerprint density at radius 3 is 2.65 bits per heavy atom. The first-order valence-electron chi connectivity index (χ1n) is 6.15. The lowest BCUT2D eigenvalue weighted by Gasteiger charge is -2.16. The van der Waals surface area contributed by atoms with Crippen molar-refractivity contribution in [3.05, 3.63) is 26.9 Å². The highest BCUT2D eigenvalue weighted by Crippen LogP contribution is 2.24. The first-order chi connectivity index (χ1) is 9.31. The zero-order valence-corrected chi connectivity index (χ0v) is 13.1. The third-order valence-corrected chi connectivity index (χ3v) is 3.07. The van der Waals surface area contributed by atoms with Gasteiger partial charge in [-0.25, -0.2) is 4.98 Å². The molecule has 0 spiro atoms. The Labute approximate surface area is 125 Å². The summed E-state index contributed by atoms with van der Waals surface area (Å²) in [6.07, 6.45) is 1.14. The maximum absolute atomic E-state index is 11.8. The van der Waals surface area contributed by atoms with Crippen molar-refractivity contribution >= 4 is 33.3 Å². The molecule has 0 saturated heterocycles. The quantitative estimate of drug-likeness (QED) is 0.609. The van der Waals surface area contributed by atoms with E-state index in [9.17, 15) is 14.9 Å². The molecule has 0 aliphatic carbocycles. The molecular weight excluding hydrogens is 328 g/mol. The third kappa shape index (κ3) is 4.76. The Morgan fingerprint density at radius 1 is 1.50 bits per heavy atom. The number of halogens is 1. The topological polar surface area (TPSA) is 97.2 Å². The van der Waals surface area contributed by atoms with Gasteiger partial charge in [0.05, 0.1) is 9.40 Å².